The van der Waals surface area contributed by atoms with Gasteiger partial charge in [0.25, 0.3) is 0 Å². The molecule has 0 spiro atoms. The Morgan fingerprint density at radius 2 is 2.06 bits per heavy atom. The first-order chi connectivity index (χ1) is 8.03. The minimum atomic E-state index is -0.355. The van der Waals surface area contributed by atoms with E-state index in [2.05, 4.69) is 29.8 Å². The van der Waals surface area contributed by atoms with E-state index in [1.54, 1.807) is 0 Å². The van der Waals surface area contributed by atoms with Crippen LogP contribution in [-0.2, 0) is 9.59 Å². The predicted molar refractivity (Wildman–Crippen MR) is 66.5 cm³/mol. The number of carbonyl (C=O) groups excluding carboxylic acids is 2. The lowest BCUT2D eigenvalue weighted by Gasteiger charge is -2.30. The zero-order valence-electron chi connectivity index (χ0n) is 10.9. The lowest BCUT2D eigenvalue weighted by molar-refractivity contribution is -0.134. The first-order valence-corrected chi connectivity index (χ1v) is 6.28. The van der Waals surface area contributed by atoms with E-state index in [4.69, 9.17) is 0 Å². The smallest absolute Gasteiger partial charge is 0.239 e. The second-order valence-corrected chi connectivity index (χ2v) is 4.87. The Bertz CT molecular complexity index is 283. The van der Waals surface area contributed by atoms with Crippen LogP contribution >= 0.6 is 0 Å². The van der Waals surface area contributed by atoms with Gasteiger partial charge in [-0.3, -0.25) is 9.59 Å². The summed E-state index contributed by atoms with van der Waals surface area (Å²) in [6.07, 6.45) is 0.839. The van der Waals surface area contributed by atoms with Crippen LogP contribution in [0.15, 0.2) is 0 Å². The lowest BCUT2D eigenvalue weighted by atomic mass is 9.75. The number of hydrogen-bond donors (Lipinski definition) is 3. The van der Waals surface area contributed by atoms with E-state index in [9.17, 15) is 9.59 Å². The molecule has 0 aliphatic carbocycles. The van der Waals surface area contributed by atoms with E-state index >= 15 is 0 Å². The van der Waals surface area contributed by atoms with Crippen molar-refractivity contribution in [3.05, 3.63) is 0 Å². The van der Waals surface area contributed by atoms with Gasteiger partial charge >= 0.3 is 0 Å². The van der Waals surface area contributed by atoms with E-state index < -0.39 is 0 Å². The van der Waals surface area contributed by atoms with Crippen LogP contribution in [0.3, 0.4) is 0 Å². The molecule has 3 N–H and O–H groups in total. The van der Waals surface area contributed by atoms with Crippen LogP contribution in [0.4, 0.5) is 0 Å². The van der Waals surface area contributed by atoms with Gasteiger partial charge < -0.3 is 16.0 Å². The van der Waals surface area contributed by atoms with Crippen molar-refractivity contribution in [2.45, 2.75) is 27.2 Å². The molecular formula is C12H23N3O2. The Kier molecular flexibility index (Phi) is 4.93. The number of likely N-dealkylation sites (N-methyl/N-ethyl adjacent to an activating group) is 1. The summed E-state index contributed by atoms with van der Waals surface area (Å²) in [5.41, 5.74) is -0.355. The summed E-state index contributed by atoms with van der Waals surface area (Å²) in [7, 11) is 0. The Hall–Kier alpha value is -1.10. The van der Waals surface area contributed by atoms with Gasteiger partial charge in [0, 0.05) is 13.1 Å². The summed E-state index contributed by atoms with van der Waals surface area (Å²) in [6.45, 7) is 8.19. The van der Waals surface area contributed by atoms with Crippen LogP contribution in [0.25, 0.3) is 0 Å². The third kappa shape index (κ3) is 3.19. The highest BCUT2D eigenvalue weighted by Crippen LogP contribution is 2.34. The van der Waals surface area contributed by atoms with Gasteiger partial charge in [0.15, 0.2) is 0 Å². The number of rotatable bonds is 5. The fraction of sp³-hybridized carbons (Fsp3) is 0.833. The molecule has 1 rings (SSSR count). The number of amides is 2. The van der Waals surface area contributed by atoms with Gasteiger partial charge in [0.1, 0.15) is 0 Å². The molecule has 17 heavy (non-hydrogen) atoms. The van der Waals surface area contributed by atoms with Crippen molar-refractivity contribution in [1.82, 2.24) is 16.0 Å². The molecule has 0 bridgehead atoms. The second-order valence-electron chi connectivity index (χ2n) is 4.87. The predicted octanol–water partition coefficient (Wildman–Crippen LogP) is -0.126. The van der Waals surface area contributed by atoms with Crippen LogP contribution < -0.4 is 16.0 Å². The zero-order chi connectivity index (χ0) is 12.9. The summed E-state index contributed by atoms with van der Waals surface area (Å²) in [5.74, 6) is 0.126. The lowest BCUT2D eigenvalue weighted by Crippen LogP contribution is -2.48. The van der Waals surface area contributed by atoms with E-state index in [-0.39, 0.29) is 29.7 Å². The molecule has 0 aromatic carbocycles. The first kappa shape index (κ1) is 14.0. The summed E-state index contributed by atoms with van der Waals surface area (Å²) in [6, 6.07) is 0. The molecule has 1 saturated heterocycles. The molecule has 1 atom stereocenters. The molecule has 0 radical (unpaired) electrons. The monoisotopic (exact) mass is 241 g/mol. The summed E-state index contributed by atoms with van der Waals surface area (Å²) < 4.78 is 0. The number of carbonyl (C=O) groups is 2. The van der Waals surface area contributed by atoms with Crippen molar-refractivity contribution >= 4 is 11.8 Å². The zero-order valence-corrected chi connectivity index (χ0v) is 10.9. The largest absolute Gasteiger partial charge is 0.355 e. The minimum absolute atomic E-state index is 0.0104. The standard InChI is InChI=1S/C12H23N3O2/c1-4-14-10(16)7-15-11(17)12(9(2)3)5-6-13-8-12/h9,13H,4-8H2,1-3H3,(H,14,16)(H,15,17). The summed E-state index contributed by atoms with van der Waals surface area (Å²) in [5, 5.41) is 8.63. The number of hydrogen-bond acceptors (Lipinski definition) is 3. The topological polar surface area (TPSA) is 70.2 Å². The molecule has 1 unspecified atom stereocenters. The van der Waals surface area contributed by atoms with Crippen LogP contribution in [0.1, 0.15) is 27.2 Å². The van der Waals surface area contributed by atoms with Gasteiger partial charge in [-0.05, 0) is 25.8 Å². The van der Waals surface area contributed by atoms with Crippen LogP contribution in [0.2, 0.25) is 0 Å². The van der Waals surface area contributed by atoms with Crippen molar-refractivity contribution < 1.29 is 9.59 Å². The van der Waals surface area contributed by atoms with E-state index in [0.717, 1.165) is 13.0 Å². The molecular weight excluding hydrogens is 218 g/mol. The fourth-order valence-corrected chi connectivity index (χ4v) is 2.26. The van der Waals surface area contributed by atoms with Crippen LogP contribution in [0, 0.1) is 11.3 Å². The SMILES string of the molecule is CCNC(=O)CNC(=O)C1(C(C)C)CCNC1. The Morgan fingerprint density at radius 1 is 1.35 bits per heavy atom. The molecule has 1 fully saturated rings. The van der Waals surface area contributed by atoms with Gasteiger partial charge in [-0.1, -0.05) is 13.8 Å². The molecule has 1 aliphatic heterocycles. The van der Waals surface area contributed by atoms with Crippen molar-refractivity contribution in [2.24, 2.45) is 11.3 Å². The van der Waals surface area contributed by atoms with Crippen LogP contribution in [-0.4, -0.2) is 38.0 Å². The maximum absolute atomic E-state index is 12.2. The molecule has 5 heteroatoms. The highest BCUT2D eigenvalue weighted by molar-refractivity contribution is 5.88. The van der Waals surface area contributed by atoms with Gasteiger partial charge in [0.2, 0.25) is 11.8 Å². The number of nitrogens with one attached hydrogen (secondary N) is 3. The van der Waals surface area contributed by atoms with Gasteiger partial charge in [-0.2, -0.15) is 0 Å². The molecule has 98 valence electrons. The molecule has 0 aromatic rings. The van der Waals surface area contributed by atoms with Gasteiger partial charge in [0.05, 0.1) is 12.0 Å². The Balaban J connectivity index is 2.52. The third-order valence-corrected chi connectivity index (χ3v) is 3.53. The normalized spacial score (nSPS) is 23.8. The quantitative estimate of drug-likeness (QED) is 0.628. The van der Waals surface area contributed by atoms with Crippen molar-refractivity contribution in [2.75, 3.05) is 26.2 Å². The average molecular weight is 241 g/mol. The van der Waals surface area contributed by atoms with Gasteiger partial charge in [-0.15, -0.1) is 0 Å². The molecule has 1 heterocycles. The maximum Gasteiger partial charge on any atom is 0.239 e. The van der Waals surface area contributed by atoms with E-state index in [1.807, 2.05) is 6.92 Å². The average Bonchev–Trinajstić information content (AvgIpc) is 2.76. The fourth-order valence-electron chi connectivity index (χ4n) is 2.26. The van der Waals surface area contributed by atoms with Crippen molar-refractivity contribution in [1.29, 1.82) is 0 Å². The Morgan fingerprint density at radius 3 is 2.53 bits per heavy atom. The van der Waals surface area contributed by atoms with E-state index in [0.29, 0.717) is 13.1 Å². The van der Waals surface area contributed by atoms with Crippen molar-refractivity contribution in [3.63, 3.8) is 0 Å². The molecule has 0 saturated carbocycles. The second kappa shape index (κ2) is 6.00. The molecule has 1 aliphatic rings. The highest BCUT2D eigenvalue weighted by Gasteiger charge is 2.43. The summed E-state index contributed by atoms with van der Waals surface area (Å²) in [4.78, 5) is 23.5. The van der Waals surface area contributed by atoms with Crippen molar-refractivity contribution in [3.8, 4) is 0 Å². The van der Waals surface area contributed by atoms with Crippen LogP contribution in [0.5, 0.6) is 0 Å². The maximum atomic E-state index is 12.2. The molecule has 0 aromatic heterocycles. The van der Waals surface area contributed by atoms with E-state index in [1.165, 1.54) is 0 Å². The molecule has 5 nitrogen and oxygen atoms in total. The highest BCUT2D eigenvalue weighted by atomic mass is 16.2. The van der Waals surface area contributed by atoms with Gasteiger partial charge in [-0.25, -0.2) is 0 Å². The first-order valence-electron chi connectivity index (χ1n) is 6.28. The minimum Gasteiger partial charge on any atom is -0.355 e. The summed E-state index contributed by atoms with van der Waals surface area (Å²) >= 11 is 0. The third-order valence-electron chi connectivity index (χ3n) is 3.53. The Labute approximate surface area is 103 Å². The molecule has 2 amide bonds.